The molecule has 4 aromatic carbocycles. The Morgan fingerprint density at radius 2 is 0.583 bits per heavy atom. The number of benzene rings is 4. The van der Waals surface area contributed by atoms with Crippen LogP contribution in [0.5, 0.6) is 0 Å². The number of hydrogen-bond donors (Lipinski definition) is 8. The van der Waals surface area contributed by atoms with E-state index in [0.717, 1.165) is 107 Å². The molecule has 0 radical (unpaired) electrons. The molecule has 0 fully saturated rings. The molecule has 0 unspecified atom stereocenters. The Morgan fingerprint density at radius 3 is 0.843 bits per heavy atom. The number of ketones is 4. The van der Waals surface area contributed by atoms with Crippen LogP contribution < -0.4 is 21.3 Å². The normalized spacial score (nSPS) is 10.5. The maximum atomic E-state index is 11.6. The van der Waals surface area contributed by atoms with Crippen LogP contribution in [-0.4, -0.2) is 107 Å². The van der Waals surface area contributed by atoms with Crippen LogP contribution in [0.25, 0.3) is 42.8 Å². The third-order valence-corrected chi connectivity index (χ3v) is 19.5. The van der Waals surface area contributed by atoms with Crippen LogP contribution in [0.2, 0.25) is 0 Å². The summed E-state index contributed by atoms with van der Waals surface area (Å²) in [6.07, 6.45) is 7.93. The minimum Gasteiger partial charge on any atom is -0.475 e. The molecule has 8 aromatic heterocycles. The van der Waals surface area contributed by atoms with Crippen molar-refractivity contribution in [2.75, 3.05) is 21.3 Å². The Kier molecular flexibility index (Phi) is 27.8. The molecule has 12 aromatic rings. The first-order valence-electron chi connectivity index (χ1n) is 33.6. The van der Waals surface area contributed by atoms with Gasteiger partial charge in [0.15, 0.2) is 23.3 Å². The average molecular weight is 1520 g/mol. The van der Waals surface area contributed by atoms with E-state index in [1.165, 1.54) is 48.5 Å². The molecule has 28 heteroatoms. The number of carbonyl (C=O) groups excluding carboxylic acids is 4. The minimum absolute atomic E-state index is 0.123. The van der Waals surface area contributed by atoms with Crippen molar-refractivity contribution in [1.82, 2.24) is 39.9 Å². The molecule has 0 spiro atoms. The zero-order valence-electron chi connectivity index (χ0n) is 59.2. The Bertz CT molecular complexity index is 5230. The number of aryl methyl sites for hydroxylation is 4. The molecule has 12 rings (SSSR count). The van der Waals surface area contributed by atoms with Gasteiger partial charge in [0.25, 0.3) is 23.1 Å². The second-order valence-corrected chi connectivity index (χ2v) is 27.0. The predicted octanol–water partition coefficient (Wildman–Crippen LogP) is 17.2. The molecule has 0 bridgehead atoms. The lowest BCUT2D eigenvalue weighted by atomic mass is 10.1. The second-order valence-electron chi connectivity index (χ2n) is 23.2. The van der Waals surface area contributed by atoms with Gasteiger partial charge >= 0.3 is 23.9 Å². The monoisotopic (exact) mass is 1520 g/mol. The number of rotatable bonds is 28. The van der Waals surface area contributed by atoms with Crippen molar-refractivity contribution in [2.45, 2.75) is 80.1 Å². The number of hydrogen-bond acceptors (Lipinski definition) is 24. The van der Waals surface area contributed by atoms with Gasteiger partial charge < -0.3 is 41.7 Å². The molecule has 548 valence electrons. The zero-order chi connectivity index (χ0) is 77.6. The van der Waals surface area contributed by atoms with Gasteiger partial charge in [-0.05, 0) is 195 Å². The number of carboxylic acids is 4. The maximum absolute atomic E-state index is 11.6. The van der Waals surface area contributed by atoms with Crippen LogP contribution in [0.15, 0.2) is 192 Å². The van der Waals surface area contributed by atoms with Crippen LogP contribution >= 0.6 is 45.3 Å². The average Bonchev–Trinajstić information content (AvgIpc) is 1.49. The summed E-state index contributed by atoms with van der Waals surface area (Å²) in [5.41, 5.74) is 11.0. The molecule has 0 saturated heterocycles. The van der Waals surface area contributed by atoms with Crippen molar-refractivity contribution in [1.29, 1.82) is 0 Å². The summed E-state index contributed by atoms with van der Waals surface area (Å²) in [6.45, 7) is 19.7. The topological polar surface area (TPSA) is 369 Å². The first kappa shape index (κ1) is 79.4. The van der Waals surface area contributed by atoms with E-state index < -0.39 is 47.0 Å². The molecule has 8 heterocycles. The predicted molar refractivity (Wildman–Crippen MR) is 423 cm³/mol. The molecule has 0 aliphatic rings. The van der Waals surface area contributed by atoms with Gasteiger partial charge in [0.05, 0.1) is 19.5 Å². The van der Waals surface area contributed by atoms with E-state index in [2.05, 4.69) is 68.2 Å². The molecule has 0 aliphatic heterocycles. The van der Waals surface area contributed by atoms with E-state index in [4.69, 9.17) is 40.4 Å². The summed E-state index contributed by atoms with van der Waals surface area (Å²) >= 11 is 6.29. The van der Waals surface area contributed by atoms with Gasteiger partial charge in [-0.1, -0.05) is 64.1 Å². The lowest BCUT2D eigenvalue weighted by molar-refractivity contribution is -0.132. The smallest absolute Gasteiger partial charge is 0.377 e. The van der Waals surface area contributed by atoms with E-state index in [-0.39, 0.29) is 22.3 Å². The summed E-state index contributed by atoms with van der Waals surface area (Å²) < 4.78 is 0. The molecule has 0 amide bonds. The molecule has 0 atom stereocenters. The molecule has 0 aliphatic carbocycles. The van der Waals surface area contributed by atoms with Gasteiger partial charge in [0.1, 0.15) is 23.3 Å². The number of aliphatic carboxylic acids is 4. The molecule has 0 saturated carbocycles. The number of allylic oxidation sites excluding steroid dienone is 2. The van der Waals surface area contributed by atoms with Crippen molar-refractivity contribution in [3.8, 4) is 42.8 Å². The molecule has 24 nitrogen and oxygen atoms in total. The Morgan fingerprint density at radius 1 is 0.333 bits per heavy atom. The molecule has 108 heavy (non-hydrogen) atoms. The summed E-state index contributed by atoms with van der Waals surface area (Å²) in [5.74, 6) is -4.21. The van der Waals surface area contributed by atoms with Crippen molar-refractivity contribution >= 4 is 138 Å². The molecular weight excluding hydrogens is 1450 g/mol. The molecule has 8 N–H and O–H groups in total. The lowest BCUT2D eigenvalue weighted by Gasteiger charge is -2.15. The largest absolute Gasteiger partial charge is 0.475 e. The van der Waals surface area contributed by atoms with Crippen LogP contribution in [0, 0.1) is 13.8 Å². The highest BCUT2D eigenvalue weighted by molar-refractivity contribution is 7.14. The summed E-state index contributed by atoms with van der Waals surface area (Å²) in [5, 5.41) is 56.2. The third-order valence-electron chi connectivity index (χ3n) is 16.1. The highest BCUT2D eigenvalue weighted by Crippen LogP contribution is 2.34. The zero-order valence-corrected chi connectivity index (χ0v) is 62.5. The third kappa shape index (κ3) is 20.4. The summed E-state index contributed by atoms with van der Waals surface area (Å²) in [4.78, 5) is 131. The molecular formula is C80H72N12O12S4. The SMILES string of the molecule is C=CCc1c(C)nc(-c2cccs2)nc1Nc1ccc(C(=O)C(=O)O)cc1.C=CCc1c(CC)nc(-c2cccs2)nc1Nc1ccc(C(=O)C(=O)O)cc1.CCc1c(C)nc(-c2cccs2)nc1Nc1ccc(C(=O)C(=O)O)cc1.CCc1nc(-c2cccs2)nc(Nc2ccc(C(=O)C(=O)O)cc2)c1CC. The number of carboxylic acid groups (broad SMARTS) is 4. The van der Waals surface area contributed by atoms with E-state index in [1.54, 1.807) is 100.0 Å². The quantitative estimate of drug-likeness (QED) is 0.0128. The summed E-state index contributed by atoms with van der Waals surface area (Å²) in [6, 6.07) is 40.9. The fourth-order valence-electron chi connectivity index (χ4n) is 10.7. The fourth-order valence-corrected chi connectivity index (χ4v) is 13.3. The van der Waals surface area contributed by atoms with Gasteiger partial charge in [-0.15, -0.1) is 58.5 Å². The van der Waals surface area contributed by atoms with E-state index >= 15 is 0 Å². The van der Waals surface area contributed by atoms with Gasteiger partial charge in [0.2, 0.25) is 0 Å². The number of aromatic nitrogens is 8. The van der Waals surface area contributed by atoms with Gasteiger partial charge in [-0.25, -0.2) is 59.0 Å². The highest BCUT2D eigenvalue weighted by atomic mass is 32.1. The van der Waals surface area contributed by atoms with Crippen molar-refractivity contribution < 1.29 is 58.8 Å². The Labute approximate surface area is 636 Å². The fraction of sp³-hybridized carbons (Fsp3) is 0.150. The first-order valence-corrected chi connectivity index (χ1v) is 37.1. The maximum Gasteiger partial charge on any atom is 0.377 e. The lowest BCUT2D eigenvalue weighted by Crippen LogP contribution is -2.12. The van der Waals surface area contributed by atoms with Crippen LogP contribution in [0.1, 0.15) is 114 Å². The highest BCUT2D eigenvalue weighted by Gasteiger charge is 2.22. The number of anilines is 8. The van der Waals surface area contributed by atoms with Gasteiger partial charge in [-0.3, -0.25) is 19.2 Å². The number of nitrogens with one attached hydrogen (secondary N) is 4. The number of carbonyl (C=O) groups is 8. The second kappa shape index (κ2) is 37.8. The van der Waals surface area contributed by atoms with E-state index in [9.17, 15) is 38.4 Å². The van der Waals surface area contributed by atoms with Crippen molar-refractivity contribution in [3.63, 3.8) is 0 Å². The van der Waals surface area contributed by atoms with Crippen LogP contribution in [0.4, 0.5) is 46.0 Å². The van der Waals surface area contributed by atoms with Crippen molar-refractivity contribution in [2.24, 2.45) is 0 Å². The number of Topliss-reactive ketones (excluding diaryl/α,β-unsaturated/α-hetero) is 4. The van der Waals surface area contributed by atoms with Gasteiger partial charge in [-0.2, -0.15) is 0 Å². The van der Waals surface area contributed by atoms with E-state index in [1.807, 2.05) is 104 Å². The Balaban J connectivity index is 0.000000166. The van der Waals surface area contributed by atoms with E-state index in [0.29, 0.717) is 65.0 Å². The van der Waals surface area contributed by atoms with Crippen LogP contribution in [-0.2, 0) is 57.7 Å². The van der Waals surface area contributed by atoms with Gasteiger partial charge in [0, 0.05) is 90.0 Å². The first-order chi connectivity index (χ1) is 52.0. The standard InChI is InChI=1S/C21H19N3O3S.C20H17N3O3S.C20H19N3O3S.C19H17N3O3S/c1-3-6-15-16(4-2)23-20(17-7-5-12-28-17)24-19(15)22-14-10-8-13(9-11-14)18(25)21(26)27;1-3-5-15-12(2)21-19(16-6-4-11-27-16)23-18(15)22-14-9-7-13(8-10-14)17(24)20(25)26;1-3-14-15(4-2)22-19(16-6-5-11-27-16)23-18(14)21-13-9-7-12(8-10-13)17(24)20(25)26;1-3-14-11(2)20-18(15-5-4-10-26-15)22-17(14)21-13-8-6-12(7-9-13)16(23)19(24)25/h3,5,7-12H,1,4,6H2,2H3,(H,26,27)(H,22,23,24);3-4,6-11H,1,5H2,2H3,(H,25,26)(H,21,22,23);5-11H,3-4H2,1-2H3,(H,25,26)(H,21,22,23);4-10H,3H2,1-2H3,(H,24,25)(H,20,21,22). The number of nitrogens with zero attached hydrogens (tertiary/aromatic N) is 8. The minimum atomic E-state index is -1.48. The van der Waals surface area contributed by atoms with Crippen LogP contribution in [0.3, 0.4) is 0 Å². The number of thiophene rings is 4. The Hall–Kier alpha value is -12.8. The summed E-state index contributed by atoms with van der Waals surface area (Å²) in [7, 11) is 0. The van der Waals surface area contributed by atoms with Crippen molar-refractivity contribution in [3.05, 3.63) is 260 Å².